The van der Waals surface area contributed by atoms with Crippen molar-refractivity contribution in [3.63, 3.8) is 0 Å². The zero-order valence-corrected chi connectivity index (χ0v) is 10.4. The number of aromatic amines is 1. The molecule has 7 heteroatoms. The summed E-state index contributed by atoms with van der Waals surface area (Å²) in [5.41, 5.74) is 4.22. The van der Waals surface area contributed by atoms with E-state index in [0.717, 1.165) is 23.5 Å². The molecule has 1 amide bonds. The van der Waals surface area contributed by atoms with Gasteiger partial charge < -0.3 is 10.7 Å². The Morgan fingerprint density at radius 1 is 1.53 bits per heavy atom. The fourth-order valence-corrected chi connectivity index (χ4v) is 2.11. The molecule has 1 atom stereocenters. The summed E-state index contributed by atoms with van der Waals surface area (Å²) in [6.07, 6.45) is 2.61. The Bertz CT molecular complexity index is 557. The minimum absolute atomic E-state index is 0.226. The van der Waals surface area contributed by atoms with Crippen molar-refractivity contribution < 1.29 is 9.18 Å². The lowest BCUT2D eigenvalue weighted by molar-refractivity contribution is -0.119. The zero-order valence-electron chi connectivity index (χ0n) is 10.4. The summed E-state index contributed by atoms with van der Waals surface area (Å²) in [4.78, 5) is 37.3. The van der Waals surface area contributed by atoms with Crippen LogP contribution < -0.4 is 17.0 Å². The number of nitrogens with two attached hydrogens (primary N) is 1. The minimum atomic E-state index is -0.802. The monoisotopic (exact) mass is 269 g/mol. The van der Waals surface area contributed by atoms with Gasteiger partial charge in [0.25, 0.3) is 5.56 Å². The minimum Gasteiger partial charge on any atom is -0.369 e. The molecule has 0 radical (unpaired) electrons. The van der Waals surface area contributed by atoms with Crippen LogP contribution in [0, 0.1) is 5.92 Å². The van der Waals surface area contributed by atoms with Gasteiger partial charge >= 0.3 is 5.69 Å². The van der Waals surface area contributed by atoms with Gasteiger partial charge in [-0.25, -0.2) is 9.18 Å². The Morgan fingerprint density at radius 2 is 2.21 bits per heavy atom. The van der Waals surface area contributed by atoms with Crippen molar-refractivity contribution in [3.05, 3.63) is 32.6 Å². The van der Waals surface area contributed by atoms with Crippen LogP contribution >= 0.6 is 0 Å². The molecule has 2 rings (SSSR count). The van der Waals surface area contributed by atoms with Gasteiger partial charge in [-0.2, -0.15) is 0 Å². The first kappa shape index (κ1) is 13.5. The molecule has 1 heterocycles. The lowest BCUT2D eigenvalue weighted by Gasteiger charge is -2.13. The smallest absolute Gasteiger partial charge is 0.328 e. The molecule has 1 aliphatic rings. The third kappa shape index (κ3) is 3.10. The first-order chi connectivity index (χ1) is 9.02. The van der Waals surface area contributed by atoms with Gasteiger partial charge in [-0.15, -0.1) is 0 Å². The highest BCUT2D eigenvalue weighted by Crippen LogP contribution is 2.37. The van der Waals surface area contributed by atoms with Crippen LogP contribution in [0.2, 0.25) is 0 Å². The molecular formula is C12H16FN3O3. The maximum Gasteiger partial charge on any atom is 0.328 e. The van der Waals surface area contributed by atoms with E-state index in [1.165, 1.54) is 0 Å². The Labute approximate surface area is 108 Å². The summed E-state index contributed by atoms with van der Waals surface area (Å²) in [5, 5.41) is 0. The summed E-state index contributed by atoms with van der Waals surface area (Å²) in [6.45, 7) is -1.10. The first-order valence-electron chi connectivity index (χ1n) is 6.22. The van der Waals surface area contributed by atoms with E-state index >= 15 is 0 Å². The third-order valence-electron chi connectivity index (χ3n) is 3.33. The van der Waals surface area contributed by atoms with Gasteiger partial charge in [-0.1, -0.05) is 12.8 Å². The van der Waals surface area contributed by atoms with Crippen molar-refractivity contribution in [1.29, 1.82) is 0 Å². The molecular weight excluding hydrogens is 253 g/mol. The topological polar surface area (TPSA) is 97.9 Å². The second-order valence-electron chi connectivity index (χ2n) is 4.84. The van der Waals surface area contributed by atoms with Crippen LogP contribution in [0.4, 0.5) is 4.39 Å². The molecule has 6 nitrogen and oxygen atoms in total. The Balaban J connectivity index is 2.35. The van der Waals surface area contributed by atoms with E-state index < -0.39 is 29.7 Å². The molecule has 0 saturated heterocycles. The van der Waals surface area contributed by atoms with E-state index in [-0.39, 0.29) is 12.2 Å². The lowest BCUT2D eigenvalue weighted by atomic mass is 9.97. The molecule has 1 aliphatic carbocycles. The second-order valence-corrected chi connectivity index (χ2v) is 4.84. The lowest BCUT2D eigenvalue weighted by Crippen LogP contribution is -2.37. The van der Waals surface area contributed by atoms with E-state index in [0.29, 0.717) is 12.3 Å². The van der Waals surface area contributed by atoms with Crippen LogP contribution in [0.5, 0.6) is 0 Å². The molecule has 0 aliphatic heterocycles. The van der Waals surface area contributed by atoms with Crippen LogP contribution in [-0.2, 0) is 11.3 Å². The standard InChI is InChI=1S/C12H16FN3O3/c13-3-4-16-10(17)6-9(15-12(16)19)8(11(14)18)5-7-1-2-7/h6-8H,1-5H2,(H2,14,18)(H,15,19). The summed E-state index contributed by atoms with van der Waals surface area (Å²) >= 11 is 0. The number of alkyl halides is 1. The van der Waals surface area contributed by atoms with E-state index in [2.05, 4.69) is 4.98 Å². The number of nitrogens with zero attached hydrogens (tertiary/aromatic N) is 1. The van der Waals surface area contributed by atoms with E-state index in [9.17, 15) is 18.8 Å². The van der Waals surface area contributed by atoms with Crippen molar-refractivity contribution >= 4 is 5.91 Å². The maximum atomic E-state index is 12.2. The van der Waals surface area contributed by atoms with Crippen LogP contribution in [-0.4, -0.2) is 22.1 Å². The van der Waals surface area contributed by atoms with E-state index in [4.69, 9.17) is 5.73 Å². The molecule has 1 aromatic heterocycles. The zero-order chi connectivity index (χ0) is 14.0. The second kappa shape index (κ2) is 5.38. The summed E-state index contributed by atoms with van der Waals surface area (Å²) < 4.78 is 13.0. The highest BCUT2D eigenvalue weighted by molar-refractivity contribution is 5.81. The predicted molar refractivity (Wildman–Crippen MR) is 66.6 cm³/mol. The number of amides is 1. The van der Waals surface area contributed by atoms with Gasteiger partial charge in [0.2, 0.25) is 5.91 Å². The van der Waals surface area contributed by atoms with Crippen molar-refractivity contribution in [2.45, 2.75) is 31.7 Å². The normalized spacial score (nSPS) is 16.3. The molecule has 19 heavy (non-hydrogen) atoms. The van der Waals surface area contributed by atoms with Gasteiger partial charge in [-0.3, -0.25) is 14.2 Å². The first-order valence-corrected chi connectivity index (χ1v) is 6.22. The van der Waals surface area contributed by atoms with Gasteiger partial charge in [-0.05, 0) is 12.3 Å². The molecule has 3 N–H and O–H groups in total. The number of halogens is 1. The number of hydrogen-bond acceptors (Lipinski definition) is 3. The van der Waals surface area contributed by atoms with Crippen LogP contribution in [0.1, 0.15) is 30.9 Å². The maximum absolute atomic E-state index is 12.2. The van der Waals surface area contributed by atoms with Crippen molar-refractivity contribution in [2.75, 3.05) is 6.67 Å². The third-order valence-corrected chi connectivity index (χ3v) is 3.33. The molecule has 1 unspecified atom stereocenters. The van der Waals surface area contributed by atoms with Crippen LogP contribution in [0.25, 0.3) is 0 Å². The molecule has 0 spiro atoms. The Hall–Kier alpha value is -1.92. The highest BCUT2D eigenvalue weighted by atomic mass is 19.1. The Kier molecular flexibility index (Phi) is 3.82. The fraction of sp³-hybridized carbons (Fsp3) is 0.583. The number of H-pyrrole nitrogens is 1. The summed E-state index contributed by atoms with van der Waals surface area (Å²) in [7, 11) is 0. The number of nitrogens with one attached hydrogen (secondary N) is 1. The van der Waals surface area contributed by atoms with Gasteiger partial charge in [0, 0.05) is 11.8 Å². The SMILES string of the molecule is NC(=O)C(CC1CC1)c1cc(=O)n(CCF)c(=O)[nH]1. The van der Waals surface area contributed by atoms with E-state index in [1.54, 1.807) is 0 Å². The Morgan fingerprint density at radius 3 is 2.68 bits per heavy atom. The van der Waals surface area contributed by atoms with Crippen molar-refractivity contribution in [2.24, 2.45) is 11.7 Å². The largest absolute Gasteiger partial charge is 0.369 e. The highest BCUT2D eigenvalue weighted by Gasteiger charge is 2.30. The summed E-state index contributed by atoms with van der Waals surface area (Å²) in [6, 6.07) is 1.16. The predicted octanol–water partition coefficient (Wildman–Crippen LogP) is -0.125. The number of carbonyl (C=O) groups excluding carboxylic acids is 1. The van der Waals surface area contributed by atoms with Crippen LogP contribution in [0.3, 0.4) is 0 Å². The van der Waals surface area contributed by atoms with Crippen molar-refractivity contribution in [3.8, 4) is 0 Å². The van der Waals surface area contributed by atoms with Crippen molar-refractivity contribution in [1.82, 2.24) is 9.55 Å². The number of primary amides is 1. The number of hydrogen-bond donors (Lipinski definition) is 2. The number of carbonyl (C=O) groups is 1. The molecule has 1 saturated carbocycles. The molecule has 104 valence electrons. The van der Waals surface area contributed by atoms with E-state index in [1.807, 2.05) is 0 Å². The average Bonchev–Trinajstić information content (AvgIpc) is 3.14. The van der Waals surface area contributed by atoms with Gasteiger partial charge in [0.05, 0.1) is 12.5 Å². The molecule has 1 aromatic rings. The number of aromatic nitrogens is 2. The van der Waals surface area contributed by atoms with Crippen LogP contribution in [0.15, 0.2) is 15.7 Å². The summed E-state index contributed by atoms with van der Waals surface area (Å²) in [5.74, 6) is -0.799. The van der Waals surface area contributed by atoms with Gasteiger partial charge in [0.15, 0.2) is 0 Å². The quantitative estimate of drug-likeness (QED) is 0.753. The number of rotatable bonds is 6. The average molecular weight is 269 g/mol. The molecule has 1 fully saturated rings. The fourth-order valence-electron chi connectivity index (χ4n) is 2.11. The molecule has 0 aromatic carbocycles. The molecule has 0 bridgehead atoms. The van der Waals surface area contributed by atoms with Gasteiger partial charge in [0.1, 0.15) is 6.67 Å².